The largest absolute Gasteiger partial charge is 0.371 e. The predicted molar refractivity (Wildman–Crippen MR) is 104 cm³/mol. The van der Waals surface area contributed by atoms with Crippen molar-refractivity contribution in [1.82, 2.24) is 20.4 Å². The third kappa shape index (κ3) is 4.71. The predicted octanol–water partition coefficient (Wildman–Crippen LogP) is 2.99. The minimum Gasteiger partial charge on any atom is -0.371 e. The molecule has 1 aliphatic heterocycles. The van der Waals surface area contributed by atoms with Crippen LogP contribution in [0.4, 0.5) is 0 Å². The number of ether oxygens (including phenoxy) is 1. The number of nitrogens with one attached hydrogen (secondary N) is 1. The molecule has 0 bridgehead atoms. The van der Waals surface area contributed by atoms with Crippen LogP contribution in [0.1, 0.15) is 63.8 Å². The fraction of sp³-hybridized carbons (Fsp3) is 0.833. The lowest BCUT2D eigenvalue weighted by atomic mass is 9.87. The van der Waals surface area contributed by atoms with Gasteiger partial charge in [0, 0.05) is 37.2 Å². The molecule has 0 amide bonds. The van der Waals surface area contributed by atoms with Gasteiger partial charge in [0.15, 0.2) is 11.8 Å². The SMILES string of the molecule is CCOC(C)c1noc(CNC(=NC)N2CCSC3(CCCCC3)C2)n1. The van der Waals surface area contributed by atoms with Crippen LogP contribution >= 0.6 is 11.8 Å². The summed E-state index contributed by atoms with van der Waals surface area (Å²) in [6, 6.07) is 0. The summed E-state index contributed by atoms with van der Waals surface area (Å²) in [5.74, 6) is 3.24. The standard InChI is InChI=1S/C18H31N5O2S/c1-4-24-14(2)16-21-15(25-22-16)12-20-17(19-3)23-10-11-26-18(13-23)8-6-5-7-9-18/h14H,4-13H2,1-3H3,(H,19,20). The van der Waals surface area contributed by atoms with Crippen molar-refractivity contribution in [2.24, 2.45) is 4.99 Å². The number of aliphatic imine (C=N–C) groups is 1. The van der Waals surface area contributed by atoms with Crippen molar-refractivity contribution in [2.75, 3.05) is 32.5 Å². The van der Waals surface area contributed by atoms with Crippen molar-refractivity contribution in [1.29, 1.82) is 0 Å². The summed E-state index contributed by atoms with van der Waals surface area (Å²) in [5, 5.41) is 7.40. The first-order valence-electron chi connectivity index (χ1n) is 9.69. The Morgan fingerprint density at radius 2 is 2.23 bits per heavy atom. The van der Waals surface area contributed by atoms with Crippen LogP contribution in [-0.2, 0) is 11.3 Å². The molecule has 2 heterocycles. The Kier molecular flexibility index (Phi) is 6.80. The highest BCUT2D eigenvalue weighted by Gasteiger charge is 2.38. The summed E-state index contributed by atoms with van der Waals surface area (Å²) in [5.41, 5.74) is 0. The van der Waals surface area contributed by atoms with E-state index in [1.807, 2.05) is 20.9 Å². The summed E-state index contributed by atoms with van der Waals surface area (Å²) < 4.78 is 11.3. The lowest BCUT2D eigenvalue weighted by Gasteiger charge is -2.45. The monoisotopic (exact) mass is 381 g/mol. The second-order valence-electron chi connectivity index (χ2n) is 7.06. The van der Waals surface area contributed by atoms with Crippen molar-refractivity contribution in [3.8, 4) is 0 Å². The van der Waals surface area contributed by atoms with Crippen LogP contribution in [0.2, 0.25) is 0 Å². The maximum atomic E-state index is 5.51. The van der Waals surface area contributed by atoms with Gasteiger partial charge in [0.1, 0.15) is 6.10 Å². The van der Waals surface area contributed by atoms with E-state index >= 15 is 0 Å². The van der Waals surface area contributed by atoms with Gasteiger partial charge in [0.25, 0.3) is 0 Å². The molecule has 0 radical (unpaired) electrons. The zero-order chi connectivity index (χ0) is 18.4. The summed E-state index contributed by atoms with van der Waals surface area (Å²) in [6.07, 6.45) is 6.60. The summed E-state index contributed by atoms with van der Waals surface area (Å²) >= 11 is 2.16. The van der Waals surface area contributed by atoms with E-state index in [2.05, 4.69) is 37.1 Å². The van der Waals surface area contributed by atoms with Crippen molar-refractivity contribution in [3.05, 3.63) is 11.7 Å². The van der Waals surface area contributed by atoms with Crippen molar-refractivity contribution in [3.63, 3.8) is 0 Å². The van der Waals surface area contributed by atoms with Gasteiger partial charge in [-0.15, -0.1) is 0 Å². The molecule has 1 N–H and O–H groups in total. The molecule has 7 nitrogen and oxygen atoms in total. The fourth-order valence-electron chi connectivity index (χ4n) is 3.84. The molecule has 1 aromatic rings. The van der Waals surface area contributed by atoms with Gasteiger partial charge in [-0.2, -0.15) is 16.7 Å². The first-order chi connectivity index (χ1) is 12.7. The zero-order valence-electron chi connectivity index (χ0n) is 16.2. The molecule has 146 valence electrons. The summed E-state index contributed by atoms with van der Waals surface area (Å²) in [7, 11) is 1.84. The van der Waals surface area contributed by atoms with Crippen LogP contribution < -0.4 is 5.32 Å². The molecule has 1 atom stereocenters. The number of rotatable bonds is 5. The highest BCUT2D eigenvalue weighted by Crippen LogP contribution is 2.42. The maximum Gasteiger partial charge on any atom is 0.246 e. The lowest BCUT2D eigenvalue weighted by Crippen LogP contribution is -2.53. The first kappa shape index (κ1) is 19.5. The molecule has 1 aromatic heterocycles. The zero-order valence-corrected chi connectivity index (χ0v) is 17.0. The Morgan fingerprint density at radius 3 is 2.96 bits per heavy atom. The van der Waals surface area contributed by atoms with Gasteiger partial charge in [-0.05, 0) is 26.7 Å². The highest BCUT2D eigenvalue weighted by molar-refractivity contribution is 8.00. The Hall–Kier alpha value is -1.28. The van der Waals surface area contributed by atoms with Gasteiger partial charge in [-0.1, -0.05) is 24.4 Å². The molecular weight excluding hydrogens is 350 g/mol. The van der Waals surface area contributed by atoms with E-state index < -0.39 is 0 Å². The topological polar surface area (TPSA) is 75.8 Å². The molecule has 1 unspecified atom stereocenters. The van der Waals surface area contributed by atoms with Crippen LogP contribution in [0, 0.1) is 0 Å². The molecule has 1 spiro atoms. The molecule has 8 heteroatoms. The Balaban J connectivity index is 1.56. The number of hydrogen-bond acceptors (Lipinski definition) is 6. The molecule has 3 rings (SSSR count). The fourth-order valence-corrected chi connectivity index (χ4v) is 5.41. The quantitative estimate of drug-likeness (QED) is 0.621. The average Bonchev–Trinajstić information content (AvgIpc) is 3.12. The smallest absolute Gasteiger partial charge is 0.246 e. The Morgan fingerprint density at radius 1 is 1.42 bits per heavy atom. The first-order valence-corrected chi connectivity index (χ1v) is 10.7. The minimum absolute atomic E-state index is 0.151. The van der Waals surface area contributed by atoms with E-state index in [1.54, 1.807) is 0 Å². The molecule has 1 saturated heterocycles. The average molecular weight is 382 g/mol. The van der Waals surface area contributed by atoms with Crippen LogP contribution in [0.15, 0.2) is 9.52 Å². The maximum absolute atomic E-state index is 5.51. The van der Waals surface area contributed by atoms with Gasteiger partial charge in [0.05, 0.1) is 6.54 Å². The van der Waals surface area contributed by atoms with E-state index in [-0.39, 0.29) is 6.10 Å². The number of guanidine groups is 1. The van der Waals surface area contributed by atoms with Crippen LogP contribution in [-0.4, -0.2) is 58.2 Å². The van der Waals surface area contributed by atoms with Crippen LogP contribution in [0.5, 0.6) is 0 Å². The van der Waals surface area contributed by atoms with Gasteiger partial charge in [-0.25, -0.2) is 0 Å². The Bertz CT molecular complexity index is 595. The number of hydrogen-bond donors (Lipinski definition) is 1. The van der Waals surface area contributed by atoms with Crippen molar-refractivity contribution >= 4 is 17.7 Å². The van der Waals surface area contributed by atoms with E-state index in [1.165, 1.54) is 32.1 Å². The Labute approximate surface area is 160 Å². The van der Waals surface area contributed by atoms with Crippen molar-refractivity contribution < 1.29 is 9.26 Å². The van der Waals surface area contributed by atoms with Crippen LogP contribution in [0.25, 0.3) is 0 Å². The second-order valence-corrected chi connectivity index (χ2v) is 8.62. The van der Waals surface area contributed by atoms with Gasteiger partial charge in [-0.3, -0.25) is 4.99 Å². The molecule has 26 heavy (non-hydrogen) atoms. The molecule has 2 aliphatic rings. The highest BCUT2D eigenvalue weighted by atomic mass is 32.2. The number of nitrogens with zero attached hydrogens (tertiary/aromatic N) is 4. The van der Waals surface area contributed by atoms with E-state index in [0.717, 1.165) is 24.8 Å². The molecular formula is C18H31N5O2S. The lowest BCUT2D eigenvalue weighted by molar-refractivity contribution is 0.0683. The summed E-state index contributed by atoms with van der Waals surface area (Å²) in [4.78, 5) is 11.3. The van der Waals surface area contributed by atoms with E-state index in [9.17, 15) is 0 Å². The van der Waals surface area contributed by atoms with Gasteiger partial charge in [0.2, 0.25) is 5.89 Å². The van der Waals surface area contributed by atoms with Crippen molar-refractivity contribution in [2.45, 2.75) is 63.3 Å². The molecule has 2 fully saturated rings. The molecule has 1 aliphatic carbocycles. The third-order valence-corrected chi connectivity index (χ3v) is 6.72. The number of thioether (sulfide) groups is 1. The normalized spacial score (nSPS) is 21.8. The number of aromatic nitrogens is 2. The second kappa shape index (κ2) is 9.08. The minimum atomic E-state index is -0.151. The third-order valence-electron chi connectivity index (χ3n) is 5.19. The molecule has 0 aromatic carbocycles. The summed E-state index contributed by atoms with van der Waals surface area (Å²) in [6.45, 7) is 7.11. The van der Waals surface area contributed by atoms with E-state index in [4.69, 9.17) is 9.26 Å². The van der Waals surface area contributed by atoms with Crippen LogP contribution in [0.3, 0.4) is 0 Å². The van der Waals surface area contributed by atoms with Gasteiger partial charge < -0.3 is 19.5 Å². The molecule has 1 saturated carbocycles. The van der Waals surface area contributed by atoms with Gasteiger partial charge >= 0.3 is 0 Å². The van der Waals surface area contributed by atoms with E-state index in [0.29, 0.717) is 29.6 Å².